The van der Waals surface area contributed by atoms with E-state index in [-0.39, 0.29) is 35.8 Å². The highest BCUT2D eigenvalue weighted by Crippen LogP contribution is 2.33. The molecule has 1 aromatic carbocycles. The largest absolute Gasteiger partial charge is 0.384 e. The Hall–Kier alpha value is -4.00. The van der Waals surface area contributed by atoms with Gasteiger partial charge in [-0.1, -0.05) is 18.2 Å². The molecule has 0 radical (unpaired) electrons. The van der Waals surface area contributed by atoms with E-state index in [4.69, 9.17) is 10.8 Å². The summed E-state index contributed by atoms with van der Waals surface area (Å²) in [6.45, 7) is 1.41. The quantitative estimate of drug-likeness (QED) is 0.652. The van der Waals surface area contributed by atoms with Crippen molar-refractivity contribution in [3.05, 3.63) is 53.6 Å². The molecule has 2 aliphatic rings. The maximum absolute atomic E-state index is 14.0. The van der Waals surface area contributed by atoms with E-state index in [1.807, 2.05) is 24.3 Å². The molecule has 4 heterocycles. The third kappa shape index (κ3) is 3.65. The fourth-order valence-corrected chi connectivity index (χ4v) is 4.60. The molecule has 5 rings (SSSR count). The summed E-state index contributed by atoms with van der Waals surface area (Å²) in [7, 11) is 0. The number of fused-ring (bicyclic) bond motifs is 1. The molecule has 0 spiro atoms. The van der Waals surface area contributed by atoms with Crippen molar-refractivity contribution < 1.29 is 14.0 Å². The molecule has 168 valence electrons. The topological polar surface area (TPSA) is 121 Å². The van der Waals surface area contributed by atoms with Gasteiger partial charge in [-0.3, -0.25) is 14.3 Å². The summed E-state index contributed by atoms with van der Waals surface area (Å²) in [5.41, 5.74) is 7.13. The minimum Gasteiger partial charge on any atom is -0.384 e. The van der Waals surface area contributed by atoms with Crippen molar-refractivity contribution in [3.63, 3.8) is 0 Å². The number of nitrogens with zero attached hydrogens (tertiary/aromatic N) is 6. The highest BCUT2D eigenvalue weighted by Gasteiger charge is 2.36. The number of rotatable bonds is 4. The highest BCUT2D eigenvalue weighted by molar-refractivity contribution is 5.96. The molecule has 2 aliphatic heterocycles. The normalized spacial score (nSPS) is 18.4. The Morgan fingerprint density at radius 1 is 1.27 bits per heavy atom. The summed E-state index contributed by atoms with van der Waals surface area (Å²) in [4.78, 5) is 32.4. The van der Waals surface area contributed by atoms with Crippen LogP contribution in [0.4, 0.5) is 10.2 Å². The van der Waals surface area contributed by atoms with Gasteiger partial charge in [0.1, 0.15) is 18.4 Å². The zero-order valence-electron chi connectivity index (χ0n) is 17.8. The number of nitrogens with two attached hydrogens (primary N) is 1. The van der Waals surface area contributed by atoms with Gasteiger partial charge in [0, 0.05) is 30.9 Å². The van der Waals surface area contributed by atoms with Gasteiger partial charge in [0.25, 0.3) is 5.91 Å². The number of likely N-dealkylation sites (tertiary alicyclic amines) is 2. The third-order valence-electron chi connectivity index (χ3n) is 6.36. The Kier molecular flexibility index (Phi) is 5.17. The lowest BCUT2D eigenvalue weighted by atomic mass is 9.93. The second-order valence-electron chi connectivity index (χ2n) is 8.43. The monoisotopic (exact) mass is 447 g/mol. The van der Waals surface area contributed by atoms with Crippen molar-refractivity contribution in [2.24, 2.45) is 0 Å². The lowest BCUT2D eigenvalue weighted by Gasteiger charge is -2.38. The summed E-state index contributed by atoms with van der Waals surface area (Å²) in [5.74, 6) is -1.22. The summed E-state index contributed by atoms with van der Waals surface area (Å²) < 4.78 is 15.7. The van der Waals surface area contributed by atoms with Crippen LogP contribution in [0.2, 0.25) is 0 Å². The molecule has 1 atom stereocenters. The molecule has 0 unspecified atom stereocenters. The molecule has 3 aromatic rings. The average molecular weight is 447 g/mol. The van der Waals surface area contributed by atoms with E-state index < -0.39 is 11.7 Å². The minimum atomic E-state index is -0.705. The van der Waals surface area contributed by atoms with E-state index in [1.165, 1.54) is 6.07 Å². The number of carbonyl (C=O) groups excluding carboxylic acids is 2. The molecule has 0 saturated carbocycles. The van der Waals surface area contributed by atoms with E-state index >= 15 is 0 Å². The van der Waals surface area contributed by atoms with Gasteiger partial charge in [-0.15, -0.1) is 0 Å². The Morgan fingerprint density at radius 2 is 2.06 bits per heavy atom. The molecule has 10 heteroatoms. The van der Waals surface area contributed by atoms with Gasteiger partial charge in [0.05, 0.1) is 29.0 Å². The number of para-hydroxylation sites is 1. The van der Waals surface area contributed by atoms with Crippen LogP contribution in [-0.4, -0.2) is 62.1 Å². The number of nitrogen functional groups attached to an aromatic ring is 1. The maximum Gasteiger partial charge on any atom is 0.257 e. The summed E-state index contributed by atoms with van der Waals surface area (Å²) in [5, 5.41) is 14.9. The highest BCUT2D eigenvalue weighted by atomic mass is 19.1. The van der Waals surface area contributed by atoms with Crippen molar-refractivity contribution in [2.75, 3.05) is 25.4 Å². The van der Waals surface area contributed by atoms with Gasteiger partial charge in [-0.05, 0) is 25.0 Å². The van der Waals surface area contributed by atoms with Crippen LogP contribution < -0.4 is 5.73 Å². The fraction of sp³-hybridized carbons (Fsp3) is 0.348. The maximum atomic E-state index is 14.0. The minimum absolute atomic E-state index is 0.0314. The molecule has 33 heavy (non-hydrogen) atoms. The SMILES string of the molecule is N#C[C@@H]1CCCN1C(=O)Cn1nc(C2CN(C(=O)c3cc(N)ncc3F)C2)c2ccccc21. The zero-order valence-corrected chi connectivity index (χ0v) is 17.8. The zero-order chi connectivity index (χ0) is 23.1. The van der Waals surface area contributed by atoms with Gasteiger partial charge in [-0.25, -0.2) is 9.37 Å². The van der Waals surface area contributed by atoms with Gasteiger partial charge in [0.15, 0.2) is 5.82 Å². The summed E-state index contributed by atoms with van der Waals surface area (Å²) >= 11 is 0. The summed E-state index contributed by atoms with van der Waals surface area (Å²) in [6, 6.07) is 10.7. The van der Waals surface area contributed by atoms with Crippen molar-refractivity contribution in [1.82, 2.24) is 24.6 Å². The Bertz CT molecular complexity index is 1290. The molecule has 0 aliphatic carbocycles. The van der Waals surface area contributed by atoms with Gasteiger partial charge in [-0.2, -0.15) is 10.4 Å². The molecular weight excluding hydrogens is 425 g/mol. The standard InChI is InChI=1S/C23H22FN7O2/c24-18-10-27-20(26)8-17(18)23(33)29-11-14(12-29)22-16-5-1-2-6-19(16)31(28-22)13-21(32)30-7-3-4-15(30)9-25/h1-2,5-6,8,10,14-15H,3-4,7,11-13H2,(H2,26,27)/t15-/m0/s1. The van der Waals surface area contributed by atoms with Crippen LogP contribution in [0, 0.1) is 17.1 Å². The first-order valence-corrected chi connectivity index (χ1v) is 10.8. The Morgan fingerprint density at radius 3 is 2.85 bits per heavy atom. The van der Waals surface area contributed by atoms with Crippen LogP contribution in [0.5, 0.6) is 0 Å². The van der Waals surface area contributed by atoms with E-state index in [1.54, 1.807) is 14.5 Å². The lowest BCUT2D eigenvalue weighted by molar-refractivity contribution is -0.131. The predicted octanol–water partition coefficient (Wildman–Crippen LogP) is 1.91. The Balaban J connectivity index is 1.35. The number of anilines is 1. The number of halogens is 1. The summed E-state index contributed by atoms with van der Waals surface area (Å²) in [6.07, 6.45) is 2.47. The molecule has 2 saturated heterocycles. The van der Waals surface area contributed by atoms with Crippen molar-refractivity contribution in [3.8, 4) is 6.07 Å². The fourth-order valence-electron chi connectivity index (χ4n) is 4.60. The van der Waals surface area contributed by atoms with Crippen molar-refractivity contribution in [1.29, 1.82) is 5.26 Å². The molecule has 2 aromatic heterocycles. The number of aromatic nitrogens is 3. The molecule has 2 amide bonds. The molecule has 9 nitrogen and oxygen atoms in total. The van der Waals surface area contributed by atoms with Crippen LogP contribution in [-0.2, 0) is 11.3 Å². The van der Waals surface area contributed by atoms with Gasteiger partial charge < -0.3 is 15.5 Å². The molecular formula is C23H22FN7O2. The van der Waals surface area contributed by atoms with Gasteiger partial charge >= 0.3 is 0 Å². The smallest absolute Gasteiger partial charge is 0.257 e. The first kappa shape index (κ1) is 20.9. The number of nitriles is 1. The predicted molar refractivity (Wildman–Crippen MR) is 117 cm³/mol. The number of benzene rings is 1. The van der Waals surface area contributed by atoms with E-state index in [2.05, 4.69) is 11.1 Å². The van der Waals surface area contributed by atoms with Crippen LogP contribution >= 0.6 is 0 Å². The number of hydrogen-bond acceptors (Lipinski definition) is 6. The van der Waals surface area contributed by atoms with Gasteiger partial charge in [0.2, 0.25) is 5.91 Å². The number of hydrogen-bond donors (Lipinski definition) is 1. The first-order chi connectivity index (χ1) is 16.0. The van der Waals surface area contributed by atoms with E-state index in [0.29, 0.717) is 26.1 Å². The molecule has 2 fully saturated rings. The van der Waals surface area contributed by atoms with E-state index in [0.717, 1.165) is 29.2 Å². The van der Waals surface area contributed by atoms with E-state index in [9.17, 15) is 19.2 Å². The lowest BCUT2D eigenvalue weighted by Crippen LogP contribution is -2.49. The average Bonchev–Trinajstić information content (AvgIpc) is 3.40. The second kappa shape index (κ2) is 8.16. The van der Waals surface area contributed by atoms with Crippen LogP contribution in [0.15, 0.2) is 36.5 Å². The Labute approximate surface area is 189 Å². The first-order valence-electron chi connectivity index (χ1n) is 10.8. The van der Waals surface area contributed by atoms with Crippen LogP contribution in [0.3, 0.4) is 0 Å². The number of pyridine rings is 1. The van der Waals surface area contributed by atoms with Crippen LogP contribution in [0.1, 0.15) is 34.8 Å². The molecule has 0 bridgehead atoms. The number of carbonyl (C=O) groups is 2. The van der Waals surface area contributed by atoms with Crippen molar-refractivity contribution in [2.45, 2.75) is 31.3 Å². The second-order valence-corrected chi connectivity index (χ2v) is 8.43. The molecule has 2 N–H and O–H groups in total. The number of amides is 2. The van der Waals surface area contributed by atoms with Crippen molar-refractivity contribution >= 4 is 28.5 Å². The van der Waals surface area contributed by atoms with Crippen LogP contribution in [0.25, 0.3) is 10.9 Å². The third-order valence-corrected chi connectivity index (χ3v) is 6.36.